The molecular weight excluding hydrogens is 120 g/mol. The fourth-order valence-corrected chi connectivity index (χ4v) is 1.53. The van der Waals surface area contributed by atoms with Crippen molar-refractivity contribution in [3.05, 3.63) is 5.92 Å². The van der Waals surface area contributed by atoms with E-state index in [0.29, 0.717) is 0 Å². The Hall–Kier alpha value is 0.290. The zero-order chi connectivity index (χ0) is 5.82. The van der Waals surface area contributed by atoms with Gasteiger partial charge in [-0.15, -0.1) is 11.6 Å². The molecule has 1 aliphatic rings. The predicted octanol–water partition coefficient (Wildman–Crippen LogP) is 2.76. The number of rotatable bonds is 2. The van der Waals surface area contributed by atoms with Crippen LogP contribution in [0.25, 0.3) is 0 Å². The lowest BCUT2D eigenvalue weighted by Crippen LogP contribution is -1.89. The summed E-state index contributed by atoms with van der Waals surface area (Å²) in [5.74, 6) is 2.52. The Kier molecular flexibility index (Phi) is 2.68. The third-order valence-corrected chi connectivity index (χ3v) is 1.95. The van der Waals surface area contributed by atoms with Crippen molar-refractivity contribution in [2.24, 2.45) is 0 Å². The molecule has 0 aromatic rings. The first kappa shape index (κ1) is 6.41. The van der Waals surface area contributed by atoms with Crippen molar-refractivity contribution in [2.45, 2.75) is 32.1 Å². The summed E-state index contributed by atoms with van der Waals surface area (Å²) in [6.45, 7) is 0. The van der Waals surface area contributed by atoms with Crippen LogP contribution in [0.3, 0.4) is 0 Å². The van der Waals surface area contributed by atoms with E-state index in [1.165, 1.54) is 32.1 Å². The molecule has 1 radical (unpaired) electrons. The predicted molar refractivity (Wildman–Crippen MR) is 37.0 cm³/mol. The average Bonchev–Trinajstić information content (AvgIpc) is 2.19. The van der Waals surface area contributed by atoms with E-state index in [4.69, 9.17) is 11.6 Å². The summed E-state index contributed by atoms with van der Waals surface area (Å²) in [6.07, 6.45) is 6.69. The molecule has 0 unspecified atom stereocenters. The van der Waals surface area contributed by atoms with Crippen LogP contribution in [0, 0.1) is 5.92 Å². The summed E-state index contributed by atoms with van der Waals surface area (Å²) in [4.78, 5) is 0. The van der Waals surface area contributed by atoms with Crippen LogP contribution in [-0.4, -0.2) is 5.88 Å². The SMILES string of the molecule is ClCC[C]1CCCC1. The van der Waals surface area contributed by atoms with E-state index in [-0.39, 0.29) is 0 Å². The minimum Gasteiger partial charge on any atom is -0.127 e. The Bertz CT molecular complexity index is 55.4. The van der Waals surface area contributed by atoms with Crippen molar-refractivity contribution in [1.29, 1.82) is 0 Å². The van der Waals surface area contributed by atoms with Gasteiger partial charge in [-0.3, -0.25) is 0 Å². The van der Waals surface area contributed by atoms with E-state index in [1.54, 1.807) is 5.92 Å². The Morgan fingerprint density at radius 2 is 1.88 bits per heavy atom. The third-order valence-electron chi connectivity index (χ3n) is 1.76. The van der Waals surface area contributed by atoms with E-state index in [9.17, 15) is 0 Å². The Morgan fingerprint density at radius 3 is 2.38 bits per heavy atom. The van der Waals surface area contributed by atoms with Crippen LogP contribution in [0.1, 0.15) is 32.1 Å². The van der Waals surface area contributed by atoms with E-state index < -0.39 is 0 Å². The van der Waals surface area contributed by atoms with Crippen molar-refractivity contribution in [1.82, 2.24) is 0 Å². The summed E-state index contributed by atoms with van der Waals surface area (Å²) in [5, 5.41) is 0. The molecule has 1 heteroatoms. The fourth-order valence-electron chi connectivity index (χ4n) is 1.26. The van der Waals surface area contributed by atoms with Gasteiger partial charge in [-0.05, 0) is 25.2 Å². The maximum atomic E-state index is 5.56. The Morgan fingerprint density at radius 1 is 1.25 bits per heavy atom. The molecule has 8 heavy (non-hydrogen) atoms. The van der Waals surface area contributed by atoms with Crippen LogP contribution in [0.5, 0.6) is 0 Å². The van der Waals surface area contributed by atoms with Crippen molar-refractivity contribution < 1.29 is 0 Å². The average molecular weight is 132 g/mol. The second-order valence-electron chi connectivity index (χ2n) is 2.40. The lowest BCUT2D eigenvalue weighted by molar-refractivity contribution is 0.819. The Balaban J connectivity index is 2.06. The van der Waals surface area contributed by atoms with Crippen LogP contribution in [0.2, 0.25) is 0 Å². The van der Waals surface area contributed by atoms with Gasteiger partial charge in [-0.1, -0.05) is 12.8 Å². The zero-order valence-corrected chi connectivity index (χ0v) is 5.88. The second kappa shape index (κ2) is 3.34. The standard InChI is InChI=1S/C7H12Cl/c8-6-5-7-3-1-2-4-7/h1-6H2. The molecule has 0 aliphatic heterocycles. The van der Waals surface area contributed by atoms with Crippen LogP contribution in [0.15, 0.2) is 0 Å². The summed E-state index contributed by atoms with van der Waals surface area (Å²) in [6, 6.07) is 0. The number of alkyl halides is 1. The second-order valence-corrected chi connectivity index (χ2v) is 2.77. The molecule has 0 spiro atoms. The molecule has 1 rings (SSSR count). The topological polar surface area (TPSA) is 0 Å². The van der Waals surface area contributed by atoms with Crippen molar-refractivity contribution >= 4 is 11.6 Å². The van der Waals surface area contributed by atoms with Gasteiger partial charge < -0.3 is 0 Å². The first-order valence-electron chi connectivity index (χ1n) is 3.33. The molecule has 1 fully saturated rings. The Labute approximate surface area is 56.2 Å². The number of hydrogen-bond donors (Lipinski definition) is 0. The third kappa shape index (κ3) is 1.66. The van der Waals surface area contributed by atoms with Gasteiger partial charge in [0.25, 0.3) is 0 Å². The quantitative estimate of drug-likeness (QED) is 0.506. The van der Waals surface area contributed by atoms with Crippen molar-refractivity contribution in [3.63, 3.8) is 0 Å². The van der Waals surface area contributed by atoms with Crippen LogP contribution in [-0.2, 0) is 0 Å². The molecule has 0 N–H and O–H groups in total. The van der Waals surface area contributed by atoms with E-state index in [2.05, 4.69) is 0 Å². The largest absolute Gasteiger partial charge is 0.127 e. The fraction of sp³-hybridized carbons (Fsp3) is 0.857. The molecule has 0 amide bonds. The maximum absolute atomic E-state index is 5.56. The molecular formula is C7H12Cl. The number of halogens is 1. The van der Waals surface area contributed by atoms with Gasteiger partial charge in [-0.25, -0.2) is 0 Å². The van der Waals surface area contributed by atoms with Gasteiger partial charge in [0.2, 0.25) is 0 Å². The normalized spacial score (nSPS) is 22.1. The van der Waals surface area contributed by atoms with Crippen molar-refractivity contribution in [3.8, 4) is 0 Å². The highest BCUT2D eigenvalue weighted by atomic mass is 35.5. The van der Waals surface area contributed by atoms with Gasteiger partial charge in [0.15, 0.2) is 0 Å². The van der Waals surface area contributed by atoms with E-state index in [0.717, 1.165) is 5.88 Å². The summed E-state index contributed by atoms with van der Waals surface area (Å²) < 4.78 is 0. The molecule has 0 nitrogen and oxygen atoms in total. The minimum atomic E-state index is 0.829. The van der Waals surface area contributed by atoms with Gasteiger partial charge in [0.1, 0.15) is 0 Å². The molecule has 0 bridgehead atoms. The smallest absolute Gasteiger partial charge is 0.0228 e. The highest BCUT2D eigenvalue weighted by Crippen LogP contribution is 2.29. The molecule has 1 saturated carbocycles. The monoisotopic (exact) mass is 131 g/mol. The zero-order valence-electron chi connectivity index (χ0n) is 5.12. The molecule has 1 aliphatic carbocycles. The van der Waals surface area contributed by atoms with Gasteiger partial charge in [0, 0.05) is 5.88 Å². The van der Waals surface area contributed by atoms with Gasteiger partial charge >= 0.3 is 0 Å². The first-order valence-corrected chi connectivity index (χ1v) is 3.86. The maximum Gasteiger partial charge on any atom is 0.0228 e. The number of hydrogen-bond acceptors (Lipinski definition) is 0. The summed E-state index contributed by atoms with van der Waals surface area (Å²) in [7, 11) is 0. The lowest BCUT2D eigenvalue weighted by Gasteiger charge is -2.01. The first-order chi connectivity index (χ1) is 3.93. The van der Waals surface area contributed by atoms with E-state index >= 15 is 0 Å². The van der Waals surface area contributed by atoms with Crippen LogP contribution in [0.4, 0.5) is 0 Å². The highest BCUT2D eigenvalue weighted by molar-refractivity contribution is 6.17. The van der Waals surface area contributed by atoms with Gasteiger partial charge in [-0.2, -0.15) is 0 Å². The van der Waals surface area contributed by atoms with E-state index in [1.807, 2.05) is 0 Å². The molecule has 47 valence electrons. The highest BCUT2D eigenvalue weighted by Gasteiger charge is 2.13. The summed E-state index contributed by atoms with van der Waals surface area (Å²) in [5.41, 5.74) is 0. The molecule has 0 saturated heterocycles. The summed E-state index contributed by atoms with van der Waals surface area (Å²) >= 11 is 5.56. The van der Waals surface area contributed by atoms with Crippen LogP contribution < -0.4 is 0 Å². The molecule has 0 heterocycles. The molecule has 0 atom stereocenters. The minimum absolute atomic E-state index is 0.829. The molecule has 0 aromatic carbocycles. The molecule has 0 aromatic heterocycles. The lowest BCUT2D eigenvalue weighted by atomic mass is 10.1. The van der Waals surface area contributed by atoms with Crippen molar-refractivity contribution in [2.75, 3.05) is 5.88 Å². The van der Waals surface area contributed by atoms with Crippen LogP contribution >= 0.6 is 11.6 Å². The van der Waals surface area contributed by atoms with Gasteiger partial charge in [0.05, 0.1) is 0 Å².